The Kier molecular flexibility index (Phi) is 4.54. The van der Waals surface area contributed by atoms with Gasteiger partial charge in [-0.25, -0.2) is 21.9 Å². The monoisotopic (exact) mass is 342 g/mol. The number of cyclic esters (lactones) is 1. The first-order valence-electron chi connectivity index (χ1n) is 7.61. The van der Waals surface area contributed by atoms with Crippen molar-refractivity contribution in [2.24, 2.45) is 0 Å². The summed E-state index contributed by atoms with van der Waals surface area (Å²) in [5, 5.41) is 0. The van der Waals surface area contributed by atoms with Crippen molar-refractivity contribution in [2.75, 3.05) is 26.2 Å². The van der Waals surface area contributed by atoms with E-state index in [0.29, 0.717) is 44.6 Å². The Bertz CT molecular complexity index is 669. The molecular formula is C15H19FN2O4S. The van der Waals surface area contributed by atoms with E-state index in [1.807, 2.05) is 0 Å². The van der Waals surface area contributed by atoms with Crippen LogP contribution in [0.5, 0.6) is 0 Å². The van der Waals surface area contributed by atoms with Crippen molar-refractivity contribution < 1.29 is 22.3 Å². The highest BCUT2D eigenvalue weighted by Gasteiger charge is 2.35. The molecule has 0 spiro atoms. The van der Waals surface area contributed by atoms with E-state index in [9.17, 15) is 17.6 Å². The highest BCUT2D eigenvalue weighted by atomic mass is 32.2. The highest BCUT2D eigenvalue weighted by Crippen LogP contribution is 2.23. The third-order valence-corrected chi connectivity index (χ3v) is 6.16. The van der Waals surface area contributed by atoms with Crippen LogP contribution in [0.1, 0.15) is 18.4 Å². The average Bonchev–Trinajstić information content (AvgIpc) is 2.96. The first-order valence-corrected chi connectivity index (χ1v) is 9.22. The van der Waals surface area contributed by atoms with Crippen LogP contribution in [0.4, 0.5) is 9.18 Å². The summed E-state index contributed by atoms with van der Waals surface area (Å²) in [6, 6.07) is 5.54. The second-order valence-electron chi connectivity index (χ2n) is 5.82. The minimum absolute atomic E-state index is 0.0438. The lowest BCUT2D eigenvalue weighted by Gasteiger charge is -2.34. The van der Waals surface area contributed by atoms with Crippen LogP contribution in [0.3, 0.4) is 0 Å². The van der Waals surface area contributed by atoms with E-state index in [-0.39, 0.29) is 23.7 Å². The van der Waals surface area contributed by atoms with Crippen LogP contribution in [0.25, 0.3) is 0 Å². The van der Waals surface area contributed by atoms with Crippen molar-refractivity contribution in [3.63, 3.8) is 0 Å². The third-order valence-electron chi connectivity index (χ3n) is 4.31. The molecule has 0 N–H and O–H groups in total. The number of benzene rings is 1. The minimum atomic E-state index is -3.43. The zero-order valence-electron chi connectivity index (χ0n) is 12.7. The molecule has 2 aliphatic heterocycles. The highest BCUT2D eigenvalue weighted by molar-refractivity contribution is 7.88. The summed E-state index contributed by atoms with van der Waals surface area (Å²) >= 11 is 0. The molecule has 1 aromatic carbocycles. The molecule has 1 amide bonds. The van der Waals surface area contributed by atoms with E-state index in [2.05, 4.69) is 0 Å². The standard InChI is InChI=1S/C15H19FN2O4S/c16-13-3-1-12(2-4-13)11-23(20,21)17-7-5-14(6-8-17)18-9-10-22-15(18)19/h1-4,14H,5-11H2. The van der Waals surface area contributed by atoms with Gasteiger partial charge in [0.05, 0.1) is 12.3 Å². The predicted molar refractivity (Wildman–Crippen MR) is 81.7 cm³/mol. The molecule has 3 rings (SSSR count). The van der Waals surface area contributed by atoms with Gasteiger partial charge in [-0.1, -0.05) is 12.1 Å². The summed E-state index contributed by atoms with van der Waals surface area (Å²) in [6.07, 6.45) is 0.910. The van der Waals surface area contributed by atoms with Crippen LogP contribution in [0.2, 0.25) is 0 Å². The van der Waals surface area contributed by atoms with Crippen LogP contribution in [0.15, 0.2) is 24.3 Å². The van der Waals surface area contributed by atoms with Crippen LogP contribution >= 0.6 is 0 Å². The maximum atomic E-state index is 12.9. The summed E-state index contributed by atoms with van der Waals surface area (Å²) in [5.41, 5.74) is 0.566. The minimum Gasteiger partial charge on any atom is -0.448 e. The summed E-state index contributed by atoms with van der Waals surface area (Å²) in [4.78, 5) is 13.2. The molecule has 2 aliphatic rings. The molecule has 0 radical (unpaired) electrons. The van der Waals surface area contributed by atoms with Gasteiger partial charge in [-0.15, -0.1) is 0 Å². The Morgan fingerprint density at radius 1 is 1.13 bits per heavy atom. The number of hydrogen-bond acceptors (Lipinski definition) is 4. The molecule has 0 aromatic heterocycles. The Hall–Kier alpha value is -1.67. The van der Waals surface area contributed by atoms with E-state index >= 15 is 0 Å². The Labute approximate surface area is 134 Å². The second kappa shape index (κ2) is 6.45. The van der Waals surface area contributed by atoms with Crippen molar-refractivity contribution in [1.82, 2.24) is 9.21 Å². The summed E-state index contributed by atoms with van der Waals surface area (Å²) < 4.78 is 44.2. The zero-order valence-corrected chi connectivity index (χ0v) is 13.5. The molecule has 126 valence electrons. The molecule has 0 aliphatic carbocycles. The number of hydrogen-bond donors (Lipinski definition) is 0. The molecule has 2 saturated heterocycles. The van der Waals surface area contributed by atoms with Gasteiger partial charge in [0.25, 0.3) is 0 Å². The Balaban J connectivity index is 1.59. The second-order valence-corrected chi connectivity index (χ2v) is 7.79. The van der Waals surface area contributed by atoms with Gasteiger partial charge in [-0.2, -0.15) is 0 Å². The van der Waals surface area contributed by atoms with E-state index in [0.717, 1.165) is 0 Å². The van der Waals surface area contributed by atoms with Crippen LogP contribution < -0.4 is 0 Å². The fourth-order valence-electron chi connectivity index (χ4n) is 3.05. The van der Waals surface area contributed by atoms with Crippen molar-refractivity contribution in [1.29, 1.82) is 0 Å². The molecule has 6 nitrogen and oxygen atoms in total. The zero-order chi connectivity index (χ0) is 16.4. The van der Waals surface area contributed by atoms with Gasteiger partial charge in [0.1, 0.15) is 12.4 Å². The largest absolute Gasteiger partial charge is 0.448 e. The molecule has 8 heteroatoms. The summed E-state index contributed by atoms with van der Waals surface area (Å²) in [7, 11) is -3.43. The Morgan fingerprint density at radius 2 is 1.78 bits per heavy atom. The predicted octanol–water partition coefficient (Wildman–Crippen LogP) is 1.57. The Morgan fingerprint density at radius 3 is 2.35 bits per heavy atom. The fourth-order valence-corrected chi connectivity index (χ4v) is 4.62. The summed E-state index contributed by atoms with van der Waals surface area (Å²) in [6.45, 7) is 1.75. The van der Waals surface area contributed by atoms with Crippen molar-refractivity contribution in [3.05, 3.63) is 35.6 Å². The maximum Gasteiger partial charge on any atom is 0.410 e. The van der Waals surface area contributed by atoms with Gasteiger partial charge < -0.3 is 9.64 Å². The number of piperidine rings is 1. The SMILES string of the molecule is O=C1OCCN1C1CCN(S(=O)(=O)Cc2ccc(F)cc2)CC1. The van der Waals surface area contributed by atoms with Gasteiger partial charge in [-0.3, -0.25) is 0 Å². The molecule has 0 atom stereocenters. The van der Waals surface area contributed by atoms with E-state index < -0.39 is 10.0 Å². The molecule has 2 heterocycles. The molecule has 2 fully saturated rings. The van der Waals surface area contributed by atoms with E-state index in [1.54, 1.807) is 4.90 Å². The normalized spacial score (nSPS) is 20.7. The first kappa shape index (κ1) is 16.2. The lowest BCUT2D eigenvalue weighted by Crippen LogP contribution is -2.47. The number of halogens is 1. The van der Waals surface area contributed by atoms with Crippen molar-refractivity contribution >= 4 is 16.1 Å². The smallest absolute Gasteiger partial charge is 0.410 e. The first-order chi connectivity index (χ1) is 11.0. The van der Waals surface area contributed by atoms with Gasteiger partial charge >= 0.3 is 6.09 Å². The number of nitrogens with zero attached hydrogens (tertiary/aromatic N) is 2. The molecule has 0 unspecified atom stereocenters. The van der Waals surface area contributed by atoms with E-state index in [1.165, 1.54) is 28.6 Å². The van der Waals surface area contributed by atoms with Gasteiger partial charge in [0.2, 0.25) is 10.0 Å². The molecule has 0 bridgehead atoms. The molecule has 0 saturated carbocycles. The van der Waals surface area contributed by atoms with Gasteiger partial charge in [0, 0.05) is 19.1 Å². The number of carbonyl (C=O) groups excluding carboxylic acids is 1. The topological polar surface area (TPSA) is 66.9 Å². The maximum absolute atomic E-state index is 12.9. The number of ether oxygens (including phenoxy) is 1. The molecule has 23 heavy (non-hydrogen) atoms. The van der Waals surface area contributed by atoms with E-state index in [4.69, 9.17) is 4.74 Å². The lowest BCUT2D eigenvalue weighted by molar-refractivity contribution is 0.134. The summed E-state index contributed by atoms with van der Waals surface area (Å²) in [5.74, 6) is -0.520. The van der Waals surface area contributed by atoms with Crippen molar-refractivity contribution in [3.8, 4) is 0 Å². The number of rotatable bonds is 4. The number of sulfonamides is 1. The average molecular weight is 342 g/mol. The van der Waals surface area contributed by atoms with Crippen LogP contribution in [0, 0.1) is 5.82 Å². The quantitative estimate of drug-likeness (QED) is 0.833. The van der Waals surface area contributed by atoms with Crippen LogP contribution in [-0.4, -0.2) is 56.0 Å². The molecule has 1 aromatic rings. The number of amides is 1. The van der Waals surface area contributed by atoms with Gasteiger partial charge in [0.15, 0.2) is 0 Å². The lowest BCUT2D eigenvalue weighted by atomic mass is 10.1. The van der Waals surface area contributed by atoms with Gasteiger partial charge in [-0.05, 0) is 30.5 Å². The number of carbonyl (C=O) groups is 1. The fraction of sp³-hybridized carbons (Fsp3) is 0.533. The van der Waals surface area contributed by atoms with Crippen molar-refractivity contribution in [2.45, 2.75) is 24.6 Å². The molecular weight excluding hydrogens is 323 g/mol. The third kappa shape index (κ3) is 3.64. The van der Waals surface area contributed by atoms with Crippen LogP contribution in [-0.2, 0) is 20.5 Å².